The average Bonchev–Trinajstić information content (AvgIpc) is 2.75. The van der Waals surface area contributed by atoms with E-state index in [4.69, 9.17) is 17.0 Å². The Morgan fingerprint density at radius 3 is 2.32 bits per heavy atom. The van der Waals surface area contributed by atoms with Gasteiger partial charge in [-0.2, -0.15) is 8.78 Å². The quantitative estimate of drug-likeness (QED) is 0.248. The number of rotatable bonds is 10. The number of hydrogen-bond donors (Lipinski definition) is 1. The molecule has 0 aromatic heterocycles. The summed E-state index contributed by atoms with van der Waals surface area (Å²) in [5.74, 6) is -0.289. The first-order valence-corrected chi connectivity index (χ1v) is 12.2. The molecule has 0 bridgehead atoms. The van der Waals surface area contributed by atoms with Crippen molar-refractivity contribution in [2.75, 3.05) is 5.32 Å². The Morgan fingerprint density at radius 2 is 1.70 bits per heavy atom. The number of halogens is 5. The van der Waals surface area contributed by atoms with Crippen molar-refractivity contribution < 1.29 is 41.0 Å². The van der Waals surface area contributed by atoms with Gasteiger partial charge in [0.05, 0.1) is 11.8 Å². The lowest BCUT2D eigenvalue weighted by atomic mass is 9.84. The van der Waals surface area contributed by atoms with E-state index in [9.17, 15) is 26.7 Å². The minimum absolute atomic E-state index is 0.0881. The van der Waals surface area contributed by atoms with E-state index < -0.39 is 24.1 Å². The monoisotopic (exact) mass is 545 g/mol. The van der Waals surface area contributed by atoms with Crippen LogP contribution in [0.25, 0.3) is 0 Å². The maximum Gasteiger partial charge on any atom is 0.573 e. The summed E-state index contributed by atoms with van der Waals surface area (Å²) in [6, 6.07) is 10.3. The molecule has 1 saturated carbocycles. The van der Waals surface area contributed by atoms with Gasteiger partial charge in [-0.3, -0.25) is 4.79 Å². The van der Waals surface area contributed by atoms with Crippen LogP contribution in [0.1, 0.15) is 51.5 Å². The maximum atomic E-state index is 13.1. The molecule has 202 valence electrons. The van der Waals surface area contributed by atoms with Crippen LogP contribution in [0.5, 0.6) is 17.2 Å². The van der Waals surface area contributed by atoms with Gasteiger partial charge < -0.3 is 19.5 Å². The van der Waals surface area contributed by atoms with Crippen LogP contribution in [0.4, 0.5) is 27.6 Å². The summed E-state index contributed by atoms with van der Waals surface area (Å²) in [7, 11) is 0. The van der Waals surface area contributed by atoms with Crippen LogP contribution < -0.4 is 19.5 Å². The lowest BCUT2D eigenvalue weighted by Crippen LogP contribution is -2.25. The van der Waals surface area contributed by atoms with E-state index in [-0.39, 0.29) is 17.5 Å². The van der Waals surface area contributed by atoms with Gasteiger partial charge in [-0.25, -0.2) is 0 Å². The van der Waals surface area contributed by atoms with Crippen molar-refractivity contribution in [3.05, 3.63) is 48.0 Å². The number of nitrogens with one attached hydrogen (secondary N) is 1. The van der Waals surface area contributed by atoms with Crippen LogP contribution in [0.3, 0.4) is 0 Å². The lowest BCUT2D eigenvalue weighted by Gasteiger charge is -2.29. The molecule has 0 saturated heterocycles. The van der Waals surface area contributed by atoms with Crippen LogP contribution in [-0.4, -0.2) is 29.3 Å². The summed E-state index contributed by atoms with van der Waals surface area (Å²) in [6.07, 6.45) is -3.91. The smallest absolute Gasteiger partial charge is 0.490 e. The molecule has 0 spiro atoms. The molecule has 0 unspecified atom stereocenters. The third-order valence-corrected chi connectivity index (χ3v) is 6.01. The summed E-state index contributed by atoms with van der Waals surface area (Å²) < 4.78 is 78.7. The second-order valence-corrected chi connectivity index (χ2v) is 9.70. The van der Waals surface area contributed by atoms with E-state index in [0.717, 1.165) is 42.2 Å². The van der Waals surface area contributed by atoms with Gasteiger partial charge in [0.2, 0.25) is 5.91 Å². The number of carbonyl (C=O) groups is 1. The van der Waals surface area contributed by atoms with E-state index in [1.165, 1.54) is 25.1 Å². The van der Waals surface area contributed by atoms with Crippen molar-refractivity contribution in [2.45, 2.75) is 70.9 Å². The van der Waals surface area contributed by atoms with Crippen molar-refractivity contribution >= 4 is 28.7 Å². The molecule has 1 aliphatic carbocycles. The van der Waals surface area contributed by atoms with Crippen LogP contribution in [0.15, 0.2) is 42.5 Å². The van der Waals surface area contributed by atoms with Crippen LogP contribution in [-0.2, 0) is 11.2 Å². The number of anilines is 1. The fourth-order valence-electron chi connectivity index (χ4n) is 4.28. The Kier molecular flexibility index (Phi) is 9.33. The molecule has 3 rings (SSSR count). The molecule has 5 nitrogen and oxygen atoms in total. The molecule has 1 N–H and O–H groups in total. The fraction of sp³-hybridized carbons (Fsp3) is 0.462. The zero-order chi connectivity index (χ0) is 27.2. The SMILES string of the molecule is CC(=O)Nc1cc(OC2CCC(CC(=S)Cc3cccc(OC(C)(F)F)c3)CC2)ccc1OC(F)(F)F. The number of hydrogen-bond acceptors (Lipinski definition) is 5. The topological polar surface area (TPSA) is 56.8 Å². The highest BCUT2D eigenvalue weighted by Crippen LogP contribution is 2.36. The van der Waals surface area contributed by atoms with Crippen molar-refractivity contribution in [3.8, 4) is 17.2 Å². The highest BCUT2D eigenvalue weighted by molar-refractivity contribution is 7.80. The molecule has 0 radical (unpaired) electrons. The van der Waals surface area contributed by atoms with Crippen LogP contribution in [0.2, 0.25) is 0 Å². The molecule has 1 amide bonds. The first-order chi connectivity index (χ1) is 17.3. The fourth-order valence-corrected chi connectivity index (χ4v) is 4.68. The highest BCUT2D eigenvalue weighted by Gasteiger charge is 2.32. The zero-order valence-electron chi connectivity index (χ0n) is 20.4. The number of ether oxygens (including phenoxy) is 3. The maximum absolute atomic E-state index is 13.1. The molecular weight excluding hydrogens is 517 g/mol. The number of alkyl halides is 5. The zero-order valence-corrected chi connectivity index (χ0v) is 21.2. The number of thiocarbonyl (C=S) groups is 1. The van der Waals surface area contributed by atoms with E-state index in [1.807, 2.05) is 6.07 Å². The van der Waals surface area contributed by atoms with E-state index in [0.29, 0.717) is 31.4 Å². The molecule has 37 heavy (non-hydrogen) atoms. The molecule has 0 aliphatic heterocycles. The Morgan fingerprint density at radius 1 is 1.00 bits per heavy atom. The standard InChI is InChI=1S/C26H28F5NO4S/c1-16(33)32-23-15-20(10-11-24(23)36-26(29,30)31)34-19-8-6-17(7-9-19)13-22(37)14-18-4-3-5-21(12-18)35-25(2,27)28/h3-5,10-12,15,17,19H,6-9,13-14H2,1-2H3,(H,32,33). The Bertz CT molecular complexity index is 1100. The second kappa shape index (κ2) is 12.1. The molecular formula is C26H28F5NO4S. The van der Waals surface area contributed by atoms with Gasteiger partial charge in [-0.1, -0.05) is 24.4 Å². The van der Waals surface area contributed by atoms with E-state index in [2.05, 4.69) is 14.8 Å². The van der Waals surface area contributed by atoms with Gasteiger partial charge in [0.25, 0.3) is 0 Å². The van der Waals surface area contributed by atoms with Crippen molar-refractivity contribution in [3.63, 3.8) is 0 Å². The summed E-state index contributed by atoms with van der Waals surface area (Å²) in [6.45, 7) is 1.87. The van der Waals surface area contributed by atoms with Crippen LogP contribution in [0, 0.1) is 5.92 Å². The summed E-state index contributed by atoms with van der Waals surface area (Å²) in [4.78, 5) is 12.2. The van der Waals surface area contributed by atoms with Crippen molar-refractivity contribution in [1.29, 1.82) is 0 Å². The predicted molar refractivity (Wildman–Crippen MR) is 132 cm³/mol. The number of carbonyl (C=O) groups excluding carboxylic acids is 1. The van der Waals surface area contributed by atoms with Gasteiger partial charge in [-0.05, 0) is 72.7 Å². The van der Waals surface area contributed by atoms with Gasteiger partial charge in [0.1, 0.15) is 11.5 Å². The summed E-state index contributed by atoms with van der Waals surface area (Å²) in [5, 5.41) is 2.33. The van der Waals surface area contributed by atoms with Gasteiger partial charge in [-0.15, -0.1) is 13.2 Å². The van der Waals surface area contributed by atoms with Crippen molar-refractivity contribution in [1.82, 2.24) is 0 Å². The molecule has 2 aromatic carbocycles. The average molecular weight is 546 g/mol. The Balaban J connectivity index is 1.51. The molecule has 1 aliphatic rings. The molecule has 11 heteroatoms. The molecule has 2 aromatic rings. The minimum Gasteiger partial charge on any atom is -0.490 e. The molecule has 0 atom stereocenters. The first-order valence-electron chi connectivity index (χ1n) is 11.8. The van der Waals surface area contributed by atoms with E-state index >= 15 is 0 Å². The normalized spacial score (nSPS) is 18.1. The number of amides is 1. The Hall–Kier alpha value is -2.95. The summed E-state index contributed by atoms with van der Waals surface area (Å²) >= 11 is 5.56. The summed E-state index contributed by atoms with van der Waals surface area (Å²) in [5.41, 5.74) is 0.676. The Labute approximate surface area is 217 Å². The third-order valence-electron chi connectivity index (χ3n) is 5.70. The van der Waals surface area contributed by atoms with Crippen LogP contribution >= 0.6 is 12.2 Å². The highest BCUT2D eigenvalue weighted by atomic mass is 32.1. The first kappa shape index (κ1) is 28.6. The van der Waals surface area contributed by atoms with Gasteiger partial charge in [0.15, 0.2) is 5.75 Å². The van der Waals surface area contributed by atoms with Gasteiger partial charge in [0, 0.05) is 26.3 Å². The molecule has 1 fully saturated rings. The third kappa shape index (κ3) is 10.1. The van der Waals surface area contributed by atoms with E-state index in [1.54, 1.807) is 12.1 Å². The minimum atomic E-state index is -4.89. The van der Waals surface area contributed by atoms with Gasteiger partial charge >= 0.3 is 12.5 Å². The molecule has 0 heterocycles. The number of benzene rings is 2. The second-order valence-electron chi connectivity index (χ2n) is 9.12. The largest absolute Gasteiger partial charge is 0.573 e. The lowest BCUT2D eigenvalue weighted by molar-refractivity contribution is -0.274. The van der Waals surface area contributed by atoms with Crippen molar-refractivity contribution in [2.24, 2.45) is 5.92 Å². The predicted octanol–water partition coefficient (Wildman–Crippen LogP) is 7.48.